The van der Waals surface area contributed by atoms with Crippen molar-refractivity contribution in [2.24, 2.45) is 0 Å². The minimum Gasteiger partial charge on any atom is -0.338 e. The highest BCUT2D eigenvalue weighted by molar-refractivity contribution is 6.07. The molecule has 4 rings (SSSR count). The number of hydrogen-bond acceptors (Lipinski definition) is 3. The number of hydrogen-bond donors (Lipinski definition) is 1. The standard InChI is InChI=1S/C21H26N4O2/c1-2-7-18-21(16-8-3-4-9-17(16)23-20(21)27)11-15-25(18)19(26)10-5-13-24-14-6-12-22-24/h3-4,6,8-9,12,14,18H,2,5,7,10-11,13,15H2,1H3,(H,23,27)/t18-,21+/m0/s1. The van der Waals surface area contributed by atoms with Crippen molar-refractivity contribution in [3.8, 4) is 0 Å². The number of anilines is 1. The molecule has 2 atom stereocenters. The highest BCUT2D eigenvalue weighted by Gasteiger charge is 2.57. The molecule has 1 fully saturated rings. The molecule has 6 heteroatoms. The third kappa shape index (κ3) is 2.93. The lowest BCUT2D eigenvalue weighted by atomic mass is 9.73. The van der Waals surface area contributed by atoms with E-state index in [2.05, 4.69) is 17.3 Å². The van der Waals surface area contributed by atoms with Crippen LogP contribution in [0.1, 0.15) is 44.6 Å². The lowest BCUT2D eigenvalue weighted by Crippen LogP contribution is -2.48. The second-order valence-electron chi connectivity index (χ2n) is 7.49. The van der Waals surface area contributed by atoms with Gasteiger partial charge in [0, 0.05) is 37.6 Å². The Hall–Kier alpha value is -2.63. The third-order valence-electron chi connectivity index (χ3n) is 5.97. The largest absolute Gasteiger partial charge is 0.338 e. The molecule has 0 unspecified atom stereocenters. The third-order valence-corrected chi connectivity index (χ3v) is 5.97. The van der Waals surface area contributed by atoms with Crippen molar-refractivity contribution in [3.63, 3.8) is 0 Å². The number of amides is 2. The number of rotatable bonds is 6. The van der Waals surface area contributed by atoms with Crippen LogP contribution < -0.4 is 5.32 Å². The zero-order valence-electron chi connectivity index (χ0n) is 15.7. The van der Waals surface area contributed by atoms with Crippen LogP contribution in [-0.2, 0) is 21.5 Å². The molecule has 27 heavy (non-hydrogen) atoms. The molecule has 0 aliphatic carbocycles. The number of aryl methyl sites for hydroxylation is 1. The Balaban J connectivity index is 1.53. The maximum atomic E-state index is 13.0. The molecule has 142 valence electrons. The Morgan fingerprint density at radius 3 is 2.96 bits per heavy atom. The summed E-state index contributed by atoms with van der Waals surface area (Å²) in [6.45, 7) is 3.50. The number of nitrogens with one attached hydrogen (secondary N) is 1. The summed E-state index contributed by atoms with van der Waals surface area (Å²) >= 11 is 0. The van der Waals surface area contributed by atoms with Gasteiger partial charge in [-0.05, 0) is 37.0 Å². The van der Waals surface area contributed by atoms with Gasteiger partial charge in [-0.2, -0.15) is 5.10 Å². The summed E-state index contributed by atoms with van der Waals surface area (Å²) in [7, 11) is 0. The molecule has 1 N–H and O–H groups in total. The maximum Gasteiger partial charge on any atom is 0.237 e. The number of para-hydroxylation sites is 1. The predicted octanol–water partition coefficient (Wildman–Crippen LogP) is 2.95. The fraction of sp³-hybridized carbons (Fsp3) is 0.476. The summed E-state index contributed by atoms with van der Waals surface area (Å²) in [5.41, 5.74) is 1.36. The first kappa shape index (κ1) is 17.8. The van der Waals surface area contributed by atoms with E-state index in [1.807, 2.05) is 46.1 Å². The van der Waals surface area contributed by atoms with Gasteiger partial charge in [-0.1, -0.05) is 31.5 Å². The number of carbonyl (C=O) groups is 2. The molecule has 1 spiro atoms. The van der Waals surface area contributed by atoms with E-state index in [9.17, 15) is 9.59 Å². The van der Waals surface area contributed by atoms with Crippen LogP contribution in [0.5, 0.6) is 0 Å². The topological polar surface area (TPSA) is 67.2 Å². The van der Waals surface area contributed by atoms with Crippen molar-refractivity contribution in [2.75, 3.05) is 11.9 Å². The van der Waals surface area contributed by atoms with Crippen molar-refractivity contribution in [3.05, 3.63) is 48.3 Å². The average Bonchev–Trinajstić information content (AvgIpc) is 3.37. The Morgan fingerprint density at radius 2 is 2.19 bits per heavy atom. The first-order chi connectivity index (χ1) is 13.2. The number of nitrogens with zero attached hydrogens (tertiary/aromatic N) is 3. The maximum absolute atomic E-state index is 13.0. The van der Waals surface area contributed by atoms with Crippen molar-refractivity contribution in [2.45, 2.75) is 57.0 Å². The van der Waals surface area contributed by atoms with Gasteiger partial charge < -0.3 is 10.2 Å². The summed E-state index contributed by atoms with van der Waals surface area (Å²) in [6.07, 6.45) is 7.39. The molecule has 0 radical (unpaired) electrons. The molecular formula is C21H26N4O2. The van der Waals surface area contributed by atoms with Gasteiger partial charge >= 0.3 is 0 Å². The molecule has 1 aromatic carbocycles. The summed E-state index contributed by atoms with van der Waals surface area (Å²) in [4.78, 5) is 28.0. The van der Waals surface area contributed by atoms with E-state index in [0.29, 0.717) is 19.4 Å². The van der Waals surface area contributed by atoms with Crippen LogP contribution in [0.3, 0.4) is 0 Å². The van der Waals surface area contributed by atoms with Gasteiger partial charge in [0.05, 0.1) is 11.5 Å². The zero-order valence-corrected chi connectivity index (χ0v) is 15.7. The molecule has 2 aliphatic heterocycles. The van der Waals surface area contributed by atoms with Gasteiger partial charge in [0.2, 0.25) is 11.8 Å². The molecule has 2 amide bonds. The van der Waals surface area contributed by atoms with E-state index in [0.717, 1.165) is 37.1 Å². The van der Waals surface area contributed by atoms with Crippen molar-refractivity contribution in [1.29, 1.82) is 0 Å². The minimum atomic E-state index is -0.593. The minimum absolute atomic E-state index is 0.0500. The summed E-state index contributed by atoms with van der Waals surface area (Å²) in [6, 6.07) is 9.75. The predicted molar refractivity (Wildman–Crippen MR) is 103 cm³/mol. The van der Waals surface area contributed by atoms with E-state index in [1.165, 1.54) is 0 Å². The van der Waals surface area contributed by atoms with E-state index in [-0.39, 0.29) is 17.9 Å². The highest BCUT2D eigenvalue weighted by atomic mass is 16.2. The monoisotopic (exact) mass is 366 g/mol. The average molecular weight is 366 g/mol. The number of aromatic nitrogens is 2. The van der Waals surface area contributed by atoms with Gasteiger partial charge in [0.25, 0.3) is 0 Å². The van der Waals surface area contributed by atoms with Crippen molar-refractivity contribution in [1.82, 2.24) is 14.7 Å². The molecule has 1 saturated heterocycles. The molecule has 3 heterocycles. The van der Waals surface area contributed by atoms with Crippen molar-refractivity contribution < 1.29 is 9.59 Å². The van der Waals surface area contributed by atoms with E-state index >= 15 is 0 Å². The smallest absolute Gasteiger partial charge is 0.237 e. The van der Waals surface area contributed by atoms with Gasteiger partial charge in [-0.3, -0.25) is 14.3 Å². The molecular weight excluding hydrogens is 340 g/mol. The Kier molecular flexibility index (Phi) is 4.72. The lowest BCUT2D eigenvalue weighted by Gasteiger charge is -2.34. The van der Waals surface area contributed by atoms with Crippen LogP contribution >= 0.6 is 0 Å². The second kappa shape index (κ2) is 7.18. The Labute approximate surface area is 159 Å². The van der Waals surface area contributed by atoms with Crippen molar-refractivity contribution >= 4 is 17.5 Å². The van der Waals surface area contributed by atoms with Crippen LogP contribution in [0.4, 0.5) is 5.69 Å². The van der Waals surface area contributed by atoms with Gasteiger partial charge in [0.1, 0.15) is 0 Å². The number of fused-ring (bicyclic) bond motifs is 2. The lowest BCUT2D eigenvalue weighted by molar-refractivity contribution is -0.133. The van der Waals surface area contributed by atoms with E-state index in [4.69, 9.17) is 0 Å². The van der Waals surface area contributed by atoms with Crippen LogP contribution in [0.15, 0.2) is 42.7 Å². The first-order valence-electron chi connectivity index (χ1n) is 9.84. The molecule has 2 aliphatic rings. The van der Waals surface area contributed by atoms with Gasteiger partial charge in [-0.15, -0.1) is 0 Å². The fourth-order valence-electron chi connectivity index (χ4n) is 4.74. The highest BCUT2D eigenvalue weighted by Crippen LogP contribution is 2.49. The quantitative estimate of drug-likeness (QED) is 0.855. The molecule has 0 saturated carbocycles. The fourth-order valence-corrected chi connectivity index (χ4v) is 4.74. The SMILES string of the molecule is CCC[C@@H]1N(C(=O)CCCn2cccn2)CC[C@]12C(=O)Nc1ccccc12. The van der Waals surface area contributed by atoms with Crippen LogP contribution in [0.2, 0.25) is 0 Å². The van der Waals surface area contributed by atoms with Crippen LogP contribution in [0, 0.1) is 0 Å². The first-order valence-corrected chi connectivity index (χ1v) is 9.84. The summed E-state index contributed by atoms with van der Waals surface area (Å²) < 4.78 is 1.85. The molecule has 2 aromatic rings. The summed E-state index contributed by atoms with van der Waals surface area (Å²) in [5.74, 6) is 0.198. The van der Waals surface area contributed by atoms with E-state index < -0.39 is 5.41 Å². The molecule has 6 nitrogen and oxygen atoms in total. The normalized spacial score (nSPS) is 23.7. The molecule has 0 bridgehead atoms. The van der Waals surface area contributed by atoms with Gasteiger partial charge in [0.15, 0.2) is 0 Å². The second-order valence-corrected chi connectivity index (χ2v) is 7.49. The van der Waals surface area contributed by atoms with Gasteiger partial charge in [-0.25, -0.2) is 0 Å². The number of benzene rings is 1. The summed E-state index contributed by atoms with van der Waals surface area (Å²) in [5, 5.41) is 7.24. The number of carbonyl (C=O) groups excluding carboxylic acids is 2. The number of likely N-dealkylation sites (tertiary alicyclic amines) is 1. The van der Waals surface area contributed by atoms with E-state index in [1.54, 1.807) is 6.20 Å². The van der Waals surface area contributed by atoms with Crippen LogP contribution in [-0.4, -0.2) is 39.1 Å². The Bertz CT molecular complexity index is 832. The zero-order chi connectivity index (χ0) is 18.9. The van der Waals surface area contributed by atoms with Crippen LogP contribution in [0.25, 0.3) is 0 Å². The molecule has 1 aromatic heterocycles. The Morgan fingerprint density at radius 1 is 1.33 bits per heavy atom.